The lowest BCUT2D eigenvalue weighted by Crippen LogP contribution is -2.51. The van der Waals surface area contributed by atoms with E-state index in [4.69, 9.17) is 0 Å². The molecule has 9 heteroatoms. The van der Waals surface area contributed by atoms with Gasteiger partial charge < -0.3 is 9.80 Å². The molecule has 7 nitrogen and oxygen atoms in total. The summed E-state index contributed by atoms with van der Waals surface area (Å²) >= 11 is 1.29. The minimum Gasteiger partial charge on any atom is -0.340 e. The molecular formula is C21H31N3O4S2. The number of sulfonamides is 1. The summed E-state index contributed by atoms with van der Waals surface area (Å²) in [6.07, 6.45) is 0.285. The van der Waals surface area contributed by atoms with Crippen LogP contribution < -0.4 is 0 Å². The molecule has 0 bridgehead atoms. The lowest BCUT2D eigenvalue weighted by molar-refractivity contribution is -0.132. The van der Waals surface area contributed by atoms with E-state index in [1.165, 1.54) is 16.1 Å². The summed E-state index contributed by atoms with van der Waals surface area (Å²) in [5.74, 6) is 0.756. The van der Waals surface area contributed by atoms with Crippen molar-refractivity contribution in [2.45, 2.75) is 45.9 Å². The Labute approximate surface area is 183 Å². The van der Waals surface area contributed by atoms with Crippen LogP contribution in [0.15, 0.2) is 4.90 Å². The first kappa shape index (κ1) is 23.1. The van der Waals surface area contributed by atoms with Crippen LogP contribution in [-0.4, -0.2) is 78.7 Å². The van der Waals surface area contributed by atoms with Crippen LogP contribution in [0.1, 0.15) is 34.2 Å². The number of benzene rings is 1. The van der Waals surface area contributed by atoms with Crippen LogP contribution >= 0.6 is 11.8 Å². The zero-order valence-corrected chi connectivity index (χ0v) is 20.1. The van der Waals surface area contributed by atoms with E-state index in [1.807, 2.05) is 34.6 Å². The van der Waals surface area contributed by atoms with Crippen LogP contribution in [0.4, 0.5) is 4.79 Å². The average Bonchev–Trinajstić information content (AvgIpc) is 3.13. The van der Waals surface area contributed by atoms with Gasteiger partial charge in [-0.15, -0.1) is 0 Å². The molecule has 0 saturated carbocycles. The third-order valence-electron chi connectivity index (χ3n) is 6.56. The van der Waals surface area contributed by atoms with Gasteiger partial charge in [0.05, 0.1) is 4.90 Å². The quantitative estimate of drug-likeness (QED) is 0.685. The van der Waals surface area contributed by atoms with E-state index in [1.54, 1.807) is 9.80 Å². The third-order valence-corrected chi connectivity index (χ3v) is 9.63. The maximum atomic E-state index is 13.4. The molecule has 0 aliphatic carbocycles. The highest BCUT2D eigenvalue weighted by Crippen LogP contribution is 2.32. The highest BCUT2D eigenvalue weighted by molar-refractivity contribution is 8.13. The molecule has 0 radical (unpaired) electrons. The van der Waals surface area contributed by atoms with Crippen molar-refractivity contribution in [2.24, 2.45) is 0 Å². The largest absolute Gasteiger partial charge is 0.340 e. The predicted octanol–water partition coefficient (Wildman–Crippen LogP) is 2.62. The molecule has 0 atom stereocenters. The second-order valence-corrected chi connectivity index (χ2v) is 11.0. The SMILES string of the molecule is Cc1c(C)c(C)c(S(=O)(=O)N2CCN(C(=O)CCN3CCSC3=O)CC2)c(C)c1C. The number of carbonyl (C=O) groups excluding carboxylic acids is 2. The number of thioether (sulfide) groups is 1. The topological polar surface area (TPSA) is 78.0 Å². The lowest BCUT2D eigenvalue weighted by Gasteiger charge is -2.35. The summed E-state index contributed by atoms with van der Waals surface area (Å²) in [6.45, 7) is 12.2. The van der Waals surface area contributed by atoms with Crippen molar-refractivity contribution in [3.8, 4) is 0 Å². The number of hydrogen-bond donors (Lipinski definition) is 0. The molecular weight excluding hydrogens is 422 g/mol. The zero-order valence-electron chi connectivity index (χ0n) is 18.4. The molecule has 2 aliphatic rings. The van der Waals surface area contributed by atoms with Crippen molar-refractivity contribution in [3.63, 3.8) is 0 Å². The van der Waals surface area contributed by atoms with Gasteiger partial charge in [0.2, 0.25) is 15.9 Å². The van der Waals surface area contributed by atoms with Crippen LogP contribution in [0.3, 0.4) is 0 Å². The highest BCUT2D eigenvalue weighted by Gasteiger charge is 2.33. The van der Waals surface area contributed by atoms with Gasteiger partial charge >= 0.3 is 0 Å². The number of rotatable bonds is 5. The first-order chi connectivity index (χ1) is 14.1. The summed E-state index contributed by atoms with van der Waals surface area (Å²) in [5.41, 5.74) is 4.78. The first-order valence-corrected chi connectivity index (χ1v) is 12.7. The molecule has 1 aromatic rings. The average molecular weight is 454 g/mol. The molecule has 2 saturated heterocycles. The van der Waals surface area contributed by atoms with E-state index in [-0.39, 0.29) is 30.7 Å². The molecule has 2 heterocycles. The number of hydrogen-bond acceptors (Lipinski definition) is 5. The minimum atomic E-state index is -3.63. The van der Waals surface area contributed by atoms with E-state index >= 15 is 0 Å². The fraction of sp³-hybridized carbons (Fsp3) is 0.619. The number of carbonyl (C=O) groups is 2. The summed E-state index contributed by atoms with van der Waals surface area (Å²) in [6, 6.07) is 0. The maximum Gasteiger partial charge on any atom is 0.281 e. The lowest BCUT2D eigenvalue weighted by atomic mass is 9.95. The highest BCUT2D eigenvalue weighted by atomic mass is 32.2. The molecule has 30 heavy (non-hydrogen) atoms. The fourth-order valence-corrected chi connectivity index (χ4v) is 7.01. The van der Waals surface area contributed by atoms with E-state index < -0.39 is 10.0 Å². The molecule has 2 aliphatic heterocycles. The second kappa shape index (κ2) is 8.88. The zero-order chi connectivity index (χ0) is 22.2. The molecule has 0 unspecified atom stereocenters. The van der Waals surface area contributed by atoms with E-state index in [9.17, 15) is 18.0 Å². The van der Waals surface area contributed by atoms with Gasteiger partial charge in [-0.05, 0) is 62.4 Å². The van der Waals surface area contributed by atoms with Crippen molar-refractivity contribution >= 4 is 32.9 Å². The smallest absolute Gasteiger partial charge is 0.281 e. The normalized spacial score (nSPS) is 18.4. The Morgan fingerprint density at radius 2 is 1.40 bits per heavy atom. The van der Waals surface area contributed by atoms with Crippen LogP contribution in [0.5, 0.6) is 0 Å². The van der Waals surface area contributed by atoms with Crippen molar-refractivity contribution in [2.75, 3.05) is 45.0 Å². The van der Waals surface area contributed by atoms with E-state index in [0.29, 0.717) is 31.1 Å². The Kier molecular flexibility index (Phi) is 6.84. The summed E-state index contributed by atoms with van der Waals surface area (Å²) in [4.78, 5) is 28.0. The Hall–Kier alpha value is -1.58. The molecule has 166 valence electrons. The van der Waals surface area contributed by atoms with Gasteiger partial charge in [0.15, 0.2) is 0 Å². The third kappa shape index (κ3) is 4.24. The van der Waals surface area contributed by atoms with Crippen molar-refractivity contribution in [1.82, 2.24) is 14.1 Å². The Balaban J connectivity index is 1.67. The monoisotopic (exact) mass is 453 g/mol. The molecule has 2 fully saturated rings. The Bertz CT molecular complexity index is 938. The number of amides is 2. The van der Waals surface area contributed by atoms with Crippen molar-refractivity contribution in [3.05, 3.63) is 27.8 Å². The van der Waals surface area contributed by atoms with Crippen molar-refractivity contribution in [1.29, 1.82) is 0 Å². The summed E-state index contributed by atoms with van der Waals surface area (Å²) in [5, 5.41) is 0.0353. The van der Waals surface area contributed by atoms with Crippen LogP contribution in [0.25, 0.3) is 0 Å². The van der Waals surface area contributed by atoms with E-state index in [2.05, 4.69) is 0 Å². The van der Waals surface area contributed by atoms with Gasteiger partial charge in [0, 0.05) is 51.4 Å². The van der Waals surface area contributed by atoms with Gasteiger partial charge in [-0.25, -0.2) is 8.42 Å². The fourth-order valence-electron chi connectivity index (χ4n) is 4.18. The molecule has 0 spiro atoms. The van der Waals surface area contributed by atoms with Crippen molar-refractivity contribution < 1.29 is 18.0 Å². The molecule has 1 aromatic carbocycles. The summed E-state index contributed by atoms with van der Waals surface area (Å²) < 4.78 is 28.4. The molecule has 2 amide bonds. The number of nitrogens with zero attached hydrogens (tertiary/aromatic N) is 3. The van der Waals surface area contributed by atoms with E-state index in [0.717, 1.165) is 33.6 Å². The first-order valence-electron chi connectivity index (χ1n) is 10.3. The summed E-state index contributed by atoms with van der Waals surface area (Å²) in [7, 11) is -3.63. The van der Waals surface area contributed by atoms with Gasteiger partial charge in [-0.1, -0.05) is 11.8 Å². The Morgan fingerprint density at radius 3 is 1.90 bits per heavy atom. The van der Waals surface area contributed by atoms with Crippen LogP contribution in [0, 0.1) is 34.6 Å². The molecule has 3 rings (SSSR count). The Morgan fingerprint density at radius 1 is 0.867 bits per heavy atom. The van der Waals surface area contributed by atoms with Gasteiger partial charge in [-0.2, -0.15) is 4.31 Å². The second-order valence-electron chi connectivity index (χ2n) is 8.09. The molecule has 0 N–H and O–H groups in total. The standard InChI is InChI=1S/C21H31N3O4S2/c1-14-15(2)17(4)20(18(5)16(14)3)30(27,28)24-10-8-22(9-11-24)19(25)6-7-23-12-13-29-21(23)26/h6-13H2,1-5H3. The minimum absolute atomic E-state index is 0.0221. The maximum absolute atomic E-state index is 13.4. The molecule has 0 aromatic heterocycles. The predicted molar refractivity (Wildman–Crippen MR) is 120 cm³/mol. The number of piperazine rings is 1. The van der Waals surface area contributed by atoms with Gasteiger partial charge in [-0.3, -0.25) is 9.59 Å². The van der Waals surface area contributed by atoms with Gasteiger partial charge in [0.25, 0.3) is 5.24 Å². The van der Waals surface area contributed by atoms with Gasteiger partial charge in [0.1, 0.15) is 0 Å². The van der Waals surface area contributed by atoms with Crippen LogP contribution in [-0.2, 0) is 14.8 Å². The van der Waals surface area contributed by atoms with Crippen LogP contribution in [0.2, 0.25) is 0 Å².